The first kappa shape index (κ1) is 22.0. The molecule has 11 heteroatoms. The SMILES string of the molecule is Cc1cc(C(=O)O)ccc1C(C)C(=O)c1sccc1S(=O)(=O)Nc1onc(C)c1Cl. The fraction of sp³-hybridized carbons (Fsp3) is 0.211. The highest BCUT2D eigenvalue weighted by Gasteiger charge is 2.30. The number of aryl methyl sites for hydroxylation is 2. The Bertz CT molecular complexity index is 1250. The van der Waals surface area contributed by atoms with Gasteiger partial charge in [-0.25, -0.2) is 17.9 Å². The number of anilines is 1. The van der Waals surface area contributed by atoms with E-state index in [-0.39, 0.29) is 26.2 Å². The van der Waals surface area contributed by atoms with E-state index in [1.807, 2.05) is 0 Å². The third kappa shape index (κ3) is 4.11. The van der Waals surface area contributed by atoms with Crippen LogP contribution in [0.3, 0.4) is 0 Å². The van der Waals surface area contributed by atoms with Crippen LogP contribution in [0, 0.1) is 13.8 Å². The number of carboxylic acids is 1. The summed E-state index contributed by atoms with van der Waals surface area (Å²) >= 11 is 6.97. The molecule has 0 aliphatic heterocycles. The third-order valence-corrected chi connectivity index (χ3v) is 7.41. The Morgan fingerprint density at radius 2 is 1.97 bits per heavy atom. The molecule has 0 bridgehead atoms. The average Bonchev–Trinajstić information content (AvgIpc) is 3.30. The highest BCUT2D eigenvalue weighted by atomic mass is 35.5. The van der Waals surface area contributed by atoms with Crippen LogP contribution in [0.25, 0.3) is 0 Å². The lowest BCUT2D eigenvalue weighted by Crippen LogP contribution is -2.17. The van der Waals surface area contributed by atoms with Gasteiger partial charge in [-0.3, -0.25) is 4.79 Å². The van der Waals surface area contributed by atoms with Crippen molar-refractivity contribution in [2.24, 2.45) is 0 Å². The molecule has 3 rings (SSSR count). The van der Waals surface area contributed by atoms with Gasteiger partial charge < -0.3 is 9.63 Å². The molecule has 1 aromatic carbocycles. The first-order valence-corrected chi connectivity index (χ1v) is 11.4. The van der Waals surface area contributed by atoms with Crippen molar-refractivity contribution in [2.45, 2.75) is 31.6 Å². The van der Waals surface area contributed by atoms with Gasteiger partial charge in [0.1, 0.15) is 15.6 Å². The number of Topliss-reactive ketones (excluding diaryl/α,β-unsaturated/α-hetero) is 1. The number of halogens is 1. The Hall–Kier alpha value is -2.69. The molecule has 2 aromatic heterocycles. The van der Waals surface area contributed by atoms with Gasteiger partial charge >= 0.3 is 5.97 Å². The van der Waals surface area contributed by atoms with E-state index >= 15 is 0 Å². The molecule has 0 radical (unpaired) electrons. The summed E-state index contributed by atoms with van der Waals surface area (Å²) in [7, 11) is -4.15. The van der Waals surface area contributed by atoms with Gasteiger partial charge in [-0.05, 0) is 48.6 Å². The lowest BCUT2D eigenvalue weighted by atomic mass is 9.91. The van der Waals surface area contributed by atoms with Gasteiger partial charge in [0.05, 0.1) is 10.4 Å². The second kappa shape index (κ2) is 8.21. The second-order valence-corrected chi connectivity index (χ2v) is 9.54. The molecule has 0 spiro atoms. The number of benzene rings is 1. The van der Waals surface area contributed by atoms with Gasteiger partial charge in [-0.15, -0.1) is 11.3 Å². The Balaban J connectivity index is 1.93. The Morgan fingerprint density at radius 1 is 1.27 bits per heavy atom. The van der Waals surface area contributed by atoms with E-state index < -0.39 is 27.7 Å². The van der Waals surface area contributed by atoms with Crippen LogP contribution in [0.15, 0.2) is 39.1 Å². The minimum Gasteiger partial charge on any atom is -0.478 e. The average molecular weight is 469 g/mol. The highest BCUT2D eigenvalue weighted by Crippen LogP contribution is 2.33. The monoisotopic (exact) mass is 468 g/mol. The first-order chi connectivity index (χ1) is 14.0. The number of carboxylic acid groups (broad SMARTS) is 1. The molecule has 158 valence electrons. The number of aromatic nitrogens is 1. The van der Waals surface area contributed by atoms with Crippen LogP contribution in [0.1, 0.15) is 49.7 Å². The molecule has 0 aliphatic carbocycles. The van der Waals surface area contributed by atoms with Crippen molar-refractivity contribution in [1.29, 1.82) is 0 Å². The van der Waals surface area contributed by atoms with Crippen LogP contribution in [-0.2, 0) is 10.0 Å². The zero-order valence-corrected chi connectivity index (χ0v) is 18.5. The third-order valence-electron chi connectivity index (χ3n) is 4.54. The van der Waals surface area contributed by atoms with Crippen molar-refractivity contribution >= 4 is 50.6 Å². The Labute approximate surface area is 181 Å². The number of carbonyl (C=O) groups is 2. The molecule has 30 heavy (non-hydrogen) atoms. The van der Waals surface area contributed by atoms with E-state index in [1.165, 1.54) is 23.6 Å². The summed E-state index contributed by atoms with van der Waals surface area (Å²) < 4.78 is 32.8. The molecule has 3 aromatic rings. The molecule has 0 saturated carbocycles. The number of nitrogens with zero attached hydrogens (tertiary/aromatic N) is 1. The maximum absolute atomic E-state index is 13.1. The van der Waals surface area contributed by atoms with Crippen molar-refractivity contribution < 1.29 is 27.6 Å². The number of ketones is 1. The molecule has 1 unspecified atom stereocenters. The van der Waals surface area contributed by atoms with Crippen LogP contribution in [0.4, 0.5) is 5.88 Å². The summed E-state index contributed by atoms with van der Waals surface area (Å²) in [5.74, 6) is -2.39. The van der Waals surface area contributed by atoms with Crippen LogP contribution >= 0.6 is 22.9 Å². The predicted molar refractivity (Wildman–Crippen MR) is 112 cm³/mol. The molecule has 0 fully saturated rings. The van der Waals surface area contributed by atoms with Gasteiger partial charge in [0.15, 0.2) is 5.78 Å². The quantitative estimate of drug-likeness (QED) is 0.489. The largest absolute Gasteiger partial charge is 0.478 e. The van der Waals surface area contributed by atoms with Crippen LogP contribution in [0.2, 0.25) is 5.02 Å². The summed E-state index contributed by atoms with van der Waals surface area (Å²) in [6, 6.07) is 5.78. The summed E-state index contributed by atoms with van der Waals surface area (Å²) in [5, 5.41) is 14.2. The maximum Gasteiger partial charge on any atom is 0.335 e. The molecule has 0 saturated heterocycles. The van der Waals surface area contributed by atoms with Crippen molar-refractivity contribution in [3.63, 3.8) is 0 Å². The fourth-order valence-electron chi connectivity index (χ4n) is 2.92. The van der Waals surface area contributed by atoms with E-state index in [1.54, 1.807) is 26.8 Å². The number of nitrogens with one attached hydrogen (secondary N) is 1. The minimum absolute atomic E-state index is 0.0317. The predicted octanol–water partition coefficient (Wildman–Crippen LogP) is 4.49. The van der Waals surface area contributed by atoms with E-state index in [0.717, 1.165) is 11.3 Å². The Kier molecular flexibility index (Phi) is 6.02. The van der Waals surface area contributed by atoms with Crippen molar-refractivity contribution in [2.75, 3.05) is 4.72 Å². The van der Waals surface area contributed by atoms with E-state index in [0.29, 0.717) is 16.8 Å². The van der Waals surface area contributed by atoms with E-state index in [9.17, 15) is 18.0 Å². The van der Waals surface area contributed by atoms with Crippen molar-refractivity contribution in [3.05, 3.63) is 61.9 Å². The second-order valence-electron chi connectivity index (χ2n) is 6.59. The first-order valence-electron chi connectivity index (χ1n) is 8.63. The highest BCUT2D eigenvalue weighted by molar-refractivity contribution is 7.93. The normalized spacial score (nSPS) is 12.5. The number of carbonyl (C=O) groups excluding carboxylic acids is 1. The summed E-state index contributed by atoms with van der Waals surface area (Å²) in [5.41, 5.74) is 1.67. The molecule has 0 amide bonds. The number of sulfonamides is 1. The maximum atomic E-state index is 13.1. The summed E-state index contributed by atoms with van der Waals surface area (Å²) in [6.45, 7) is 4.90. The lowest BCUT2D eigenvalue weighted by Gasteiger charge is -2.15. The molecule has 0 aliphatic rings. The molecular weight excluding hydrogens is 452 g/mol. The van der Waals surface area contributed by atoms with Gasteiger partial charge in [-0.2, -0.15) is 0 Å². The van der Waals surface area contributed by atoms with E-state index in [4.69, 9.17) is 21.2 Å². The molecule has 1 atom stereocenters. The van der Waals surface area contributed by atoms with Gasteiger partial charge in [-0.1, -0.05) is 29.7 Å². The summed E-state index contributed by atoms with van der Waals surface area (Å²) in [6.07, 6.45) is 0. The number of aromatic carboxylic acids is 1. The summed E-state index contributed by atoms with van der Waals surface area (Å²) in [4.78, 5) is 24.1. The number of hydrogen-bond donors (Lipinski definition) is 2. The van der Waals surface area contributed by atoms with Gasteiger partial charge in [0.25, 0.3) is 15.9 Å². The molecule has 2 heterocycles. The number of rotatable bonds is 7. The minimum atomic E-state index is -4.15. The molecular formula is C19H17ClN2O6S2. The number of hydrogen-bond acceptors (Lipinski definition) is 7. The van der Waals surface area contributed by atoms with Crippen LogP contribution < -0.4 is 4.72 Å². The molecule has 8 nitrogen and oxygen atoms in total. The van der Waals surface area contributed by atoms with E-state index in [2.05, 4.69) is 9.88 Å². The Morgan fingerprint density at radius 3 is 2.53 bits per heavy atom. The smallest absolute Gasteiger partial charge is 0.335 e. The lowest BCUT2D eigenvalue weighted by molar-refractivity contribution is 0.0696. The topological polar surface area (TPSA) is 127 Å². The van der Waals surface area contributed by atoms with Gasteiger partial charge in [0.2, 0.25) is 0 Å². The zero-order chi connectivity index (χ0) is 22.2. The molecule has 2 N–H and O–H groups in total. The van der Waals surface area contributed by atoms with Crippen LogP contribution in [0.5, 0.6) is 0 Å². The van der Waals surface area contributed by atoms with Gasteiger partial charge in [0, 0.05) is 5.92 Å². The fourth-order valence-corrected chi connectivity index (χ4v) is 5.55. The van der Waals surface area contributed by atoms with Crippen LogP contribution in [-0.4, -0.2) is 30.4 Å². The number of thiophene rings is 1. The van der Waals surface area contributed by atoms with Crippen molar-refractivity contribution in [1.82, 2.24) is 5.16 Å². The zero-order valence-electron chi connectivity index (χ0n) is 16.1. The standard InChI is InChI=1S/C19H17ClN2O6S2/c1-9-8-12(19(24)25)4-5-13(9)10(2)16(23)17-14(6-7-29-17)30(26,27)22-18-15(20)11(3)21-28-18/h4-8,10,22H,1-3H3,(H,24,25). The van der Waals surface area contributed by atoms with Crippen molar-refractivity contribution in [3.8, 4) is 0 Å².